The summed E-state index contributed by atoms with van der Waals surface area (Å²) < 4.78 is 40.1. The third kappa shape index (κ3) is 5.59. The van der Waals surface area contributed by atoms with Crippen LogP contribution in [0.1, 0.15) is 61.8 Å². The summed E-state index contributed by atoms with van der Waals surface area (Å²) in [6.45, 7) is 4.57. The highest BCUT2D eigenvalue weighted by molar-refractivity contribution is 5.80. The Morgan fingerprint density at radius 1 is 1.17 bits per heavy atom. The number of hydrogen-bond acceptors (Lipinski definition) is 7. The molecule has 0 spiro atoms. The maximum absolute atomic E-state index is 15.1. The topological polar surface area (TPSA) is 92.0 Å². The van der Waals surface area contributed by atoms with Gasteiger partial charge in [0.1, 0.15) is 34.9 Å². The number of esters is 1. The number of aromatic nitrogens is 2. The molecule has 0 saturated heterocycles. The van der Waals surface area contributed by atoms with E-state index in [2.05, 4.69) is 5.10 Å². The molecule has 0 radical (unpaired) electrons. The normalized spacial score (nSPS) is 17.7. The lowest BCUT2D eigenvalue weighted by Crippen LogP contribution is -2.21. The Kier molecular flexibility index (Phi) is 7.07. The lowest BCUT2D eigenvalue weighted by molar-refractivity contribution is -0.141. The van der Waals surface area contributed by atoms with Gasteiger partial charge < -0.3 is 24.1 Å². The molecule has 0 saturated carbocycles. The Morgan fingerprint density at radius 3 is 2.80 bits per heavy atom. The van der Waals surface area contributed by atoms with Crippen LogP contribution in [-0.4, -0.2) is 40.2 Å². The number of aliphatic hydroxyl groups is 1. The Balaban J connectivity index is 1.18. The van der Waals surface area contributed by atoms with Crippen molar-refractivity contribution in [2.45, 2.75) is 63.7 Å². The van der Waals surface area contributed by atoms with Crippen molar-refractivity contribution in [3.05, 3.63) is 77.2 Å². The van der Waals surface area contributed by atoms with Gasteiger partial charge in [-0.2, -0.15) is 5.10 Å². The van der Waals surface area contributed by atoms with Crippen molar-refractivity contribution in [3.8, 4) is 23.0 Å². The molecule has 0 fully saturated rings. The van der Waals surface area contributed by atoms with Gasteiger partial charge in [-0.15, -0.1) is 0 Å². The number of nitrogens with zero attached hydrogens (tertiary/aromatic N) is 2. The number of methoxy groups -OCH3 is 1. The fraction of sp³-hybridized carbons (Fsp3) is 0.375. The number of aryl methyl sites for hydroxylation is 1. The van der Waals surface area contributed by atoms with Gasteiger partial charge in [-0.05, 0) is 69.5 Å². The SMILES string of the molecule is COC(=O)C[C@@H]1COc2cc(O[C@@H]3CCc4c(Oc5ccc6c(cnn6CCC(C)(C)O)c5)ccc(F)c43)ccc21. The number of fused-ring (bicyclic) bond motifs is 3. The van der Waals surface area contributed by atoms with Gasteiger partial charge in [-0.25, -0.2) is 4.39 Å². The summed E-state index contributed by atoms with van der Waals surface area (Å²) in [5.74, 6) is 1.83. The van der Waals surface area contributed by atoms with Gasteiger partial charge in [0.05, 0.1) is 37.5 Å². The summed E-state index contributed by atoms with van der Waals surface area (Å²) >= 11 is 0. The summed E-state index contributed by atoms with van der Waals surface area (Å²) in [4.78, 5) is 11.7. The molecule has 6 rings (SSSR count). The zero-order valence-electron chi connectivity index (χ0n) is 23.4. The highest BCUT2D eigenvalue weighted by Crippen LogP contribution is 2.44. The minimum Gasteiger partial charge on any atom is -0.492 e. The first-order chi connectivity index (χ1) is 19.7. The van der Waals surface area contributed by atoms with Crippen LogP contribution in [0.25, 0.3) is 10.9 Å². The van der Waals surface area contributed by atoms with Crippen LogP contribution >= 0.6 is 0 Å². The summed E-state index contributed by atoms with van der Waals surface area (Å²) in [7, 11) is 1.38. The molecule has 9 heteroatoms. The van der Waals surface area contributed by atoms with Gasteiger partial charge in [-0.1, -0.05) is 6.07 Å². The van der Waals surface area contributed by atoms with Crippen LogP contribution in [0.4, 0.5) is 4.39 Å². The quantitative estimate of drug-likeness (QED) is 0.243. The first-order valence-electron chi connectivity index (χ1n) is 13.9. The minimum atomic E-state index is -0.769. The largest absolute Gasteiger partial charge is 0.492 e. The third-order valence-corrected chi connectivity index (χ3v) is 7.80. The molecule has 2 aliphatic rings. The van der Waals surface area contributed by atoms with E-state index >= 15 is 4.39 Å². The van der Waals surface area contributed by atoms with Crippen molar-refractivity contribution >= 4 is 16.9 Å². The van der Waals surface area contributed by atoms with Gasteiger partial charge in [-0.3, -0.25) is 9.48 Å². The second kappa shape index (κ2) is 10.7. The molecule has 0 bridgehead atoms. The number of carbonyl (C=O) groups excluding carboxylic acids is 1. The Hall–Kier alpha value is -4.11. The van der Waals surface area contributed by atoms with E-state index in [4.69, 9.17) is 18.9 Å². The first kappa shape index (κ1) is 27.1. The number of hydrogen-bond donors (Lipinski definition) is 1. The zero-order valence-corrected chi connectivity index (χ0v) is 23.4. The maximum Gasteiger partial charge on any atom is 0.306 e. The molecule has 0 unspecified atom stereocenters. The number of carbonyl (C=O) groups is 1. The molecule has 4 aromatic rings. The monoisotopic (exact) mass is 560 g/mol. The van der Waals surface area contributed by atoms with Gasteiger partial charge in [0.25, 0.3) is 0 Å². The molecular formula is C32H33FN2O6. The molecule has 41 heavy (non-hydrogen) atoms. The second-order valence-electron chi connectivity index (χ2n) is 11.3. The standard InChI is InChI=1S/C32H33FN2O6/c1-32(2,37)12-13-35-26-9-5-21(14-19(26)17-34-35)40-27-11-8-25(33)31-24(27)7-10-28(31)41-22-4-6-23-20(15-30(36)38-3)18-39-29(23)16-22/h4-6,8-9,11,14,16-17,20,28,37H,7,10,12-13,15,18H2,1-3H3/t20-,28-/m1/s1. The van der Waals surface area contributed by atoms with Crippen LogP contribution in [0.15, 0.2) is 54.7 Å². The average Bonchev–Trinajstić information content (AvgIpc) is 3.66. The van der Waals surface area contributed by atoms with Crippen molar-refractivity contribution < 1.29 is 33.2 Å². The van der Waals surface area contributed by atoms with Crippen LogP contribution in [-0.2, 0) is 22.5 Å². The highest BCUT2D eigenvalue weighted by atomic mass is 19.1. The fourth-order valence-corrected chi connectivity index (χ4v) is 5.62. The lowest BCUT2D eigenvalue weighted by atomic mass is 9.98. The maximum atomic E-state index is 15.1. The van der Waals surface area contributed by atoms with Gasteiger partial charge >= 0.3 is 5.97 Å². The van der Waals surface area contributed by atoms with Crippen molar-refractivity contribution in [2.75, 3.05) is 13.7 Å². The summed E-state index contributed by atoms with van der Waals surface area (Å²) in [5, 5.41) is 15.4. The number of benzene rings is 3. The zero-order chi connectivity index (χ0) is 28.7. The molecule has 0 amide bonds. The molecule has 1 aliphatic carbocycles. The van der Waals surface area contributed by atoms with E-state index in [-0.39, 0.29) is 24.1 Å². The molecule has 214 valence electrons. The van der Waals surface area contributed by atoms with Crippen LogP contribution in [0.5, 0.6) is 23.0 Å². The average molecular weight is 561 g/mol. The molecule has 1 aliphatic heterocycles. The molecular weight excluding hydrogens is 527 g/mol. The molecule has 3 aromatic carbocycles. The van der Waals surface area contributed by atoms with Crippen LogP contribution in [0.2, 0.25) is 0 Å². The van der Waals surface area contributed by atoms with Gasteiger partial charge in [0.15, 0.2) is 0 Å². The van der Waals surface area contributed by atoms with E-state index in [0.717, 1.165) is 22.0 Å². The fourth-order valence-electron chi connectivity index (χ4n) is 5.62. The predicted molar refractivity (Wildman–Crippen MR) is 150 cm³/mol. The molecule has 8 nitrogen and oxygen atoms in total. The van der Waals surface area contributed by atoms with E-state index in [9.17, 15) is 9.90 Å². The summed E-state index contributed by atoms with van der Waals surface area (Å²) in [5.41, 5.74) is 2.43. The van der Waals surface area contributed by atoms with Crippen LogP contribution in [0.3, 0.4) is 0 Å². The number of rotatable bonds is 9. The Morgan fingerprint density at radius 2 is 2.00 bits per heavy atom. The van der Waals surface area contributed by atoms with Crippen LogP contribution in [0, 0.1) is 5.82 Å². The number of halogens is 1. The first-order valence-corrected chi connectivity index (χ1v) is 13.9. The van der Waals surface area contributed by atoms with Crippen molar-refractivity contribution in [1.82, 2.24) is 9.78 Å². The number of ether oxygens (including phenoxy) is 4. The van der Waals surface area contributed by atoms with Crippen LogP contribution < -0.4 is 14.2 Å². The van der Waals surface area contributed by atoms with E-state index in [0.29, 0.717) is 61.0 Å². The lowest BCUT2D eigenvalue weighted by Gasteiger charge is -2.17. The second-order valence-corrected chi connectivity index (χ2v) is 11.3. The van der Waals surface area contributed by atoms with E-state index in [1.807, 2.05) is 35.0 Å². The molecule has 2 atom stereocenters. The van der Waals surface area contributed by atoms with Gasteiger partial charge in [0, 0.05) is 40.6 Å². The van der Waals surface area contributed by atoms with Gasteiger partial charge in [0.2, 0.25) is 0 Å². The third-order valence-electron chi connectivity index (χ3n) is 7.80. The highest BCUT2D eigenvalue weighted by Gasteiger charge is 2.32. The van der Waals surface area contributed by atoms with Crippen molar-refractivity contribution in [1.29, 1.82) is 0 Å². The van der Waals surface area contributed by atoms with Crippen molar-refractivity contribution in [2.24, 2.45) is 0 Å². The Labute approximate surface area is 237 Å². The smallest absolute Gasteiger partial charge is 0.306 e. The summed E-state index contributed by atoms with van der Waals surface area (Å²) in [6.07, 6.45) is 3.39. The molecule has 1 N–H and O–H groups in total. The summed E-state index contributed by atoms with van der Waals surface area (Å²) in [6, 6.07) is 14.4. The van der Waals surface area contributed by atoms with E-state index in [1.165, 1.54) is 13.2 Å². The predicted octanol–water partition coefficient (Wildman–Crippen LogP) is 6.23. The van der Waals surface area contributed by atoms with Crippen molar-refractivity contribution in [3.63, 3.8) is 0 Å². The molecule has 2 heterocycles. The van der Waals surface area contributed by atoms with E-state index in [1.54, 1.807) is 32.2 Å². The molecule has 1 aromatic heterocycles. The minimum absolute atomic E-state index is 0.0582. The van der Waals surface area contributed by atoms with E-state index < -0.39 is 11.7 Å². The Bertz CT molecular complexity index is 1610.